The van der Waals surface area contributed by atoms with Gasteiger partial charge in [-0.2, -0.15) is 0 Å². The van der Waals surface area contributed by atoms with Gasteiger partial charge in [-0.1, -0.05) is 15.9 Å². The van der Waals surface area contributed by atoms with Crippen molar-refractivity contribution in [2.24, 2.45) is 0 Å². The van der Waals surface area contributed by atoms with E-state index in [-0.39, 0.29) is 13.0 Å². The van der Waals surface area contributed by atoms with Gasteiger partial charge in [-0.05, 0) is 37.1 Å². The first kappa shape index (κ1) is 15.8. The number of aliphatic hydroxyl groups is 1. The molecule has 7 heteroatoms. The Hall–Kier alpha value is -1.60. The van der Waals surface area contributed by atoms with Crippen LogP contribution < -0.4 is 5.32 Å². The predicted molar refractivity (Wildman–Crippen MR) is 81.4 cm³/mol. The van der Waals surface area contributed by atoms with Crippen molar-refractivity contribution in [3.8, 4) is 0 Å². The number of amides is 2. The summed E-state index contributed by atoms with van der Waals surface area (Å²) in [6.07, 6.45) is -0.745. The van der Waals surface area contributed by atoms with E-state index in [0.29, 0.717) is 5.69 Å². The van der Waals surface area contributed by atoms with Crippen LogP contribution in [-0.2, 0) is 4.79 Å². The minimum Gasteiger partial charge on any atom is -0.480 e. The molecule has 1 aliphatic rings. The van der Waals surface area contributed by atoms with E-state index in [0.717, 1.165) is 20.5 Å². The average molecular weight is 357 g/mol. The zero-order chi connectivity index (χ0) is 15.7. The number of carbonyl (C=O) groups excluding carboxylic acids is 1. The number of carbonyl (C=O) groups is 2. The lowest BCUT2D eigenvalue weighted by Gasteiger charge is -2.23. The molecule has 114 valence electrons. The van der Waals surface area contributed by atoms with Gasteiger partial charge in [0.15, 0.2) is 0 Å². The molecule has 2 atom stereocenters. The second-order valence-corrected chi connectivity index (χ2v) is 6.16. The largest absolute Gasteiger partial charge is 0.480 e. The molecule has 0 saturated carbocycles. The van der Waals surface area contributed by atoms with Gasteiger partial charge in [0.1, 0.15) is 6.04 Å². The molecule has 1 fully saturated rings. The number of nitrogens with zero attached hydrogens (tertiary/aromatic N) is 1. The van der Waals surface area contributed by atoms with Crippen molar-refractivity contribution in [3.05, 3.63) is 27.7 Å². The quantitative estimate of drug-likeness (QED) is 0.756. The molecule has 1 aromatic rings. The van der Waals surface area contributed by atoms with Crippen LogP contribution in [0.25, 0.3) is 0 Å². The van der Waals surface area contributed by atoms with Gasteiger partial charge in [0.2, 0.25) is 0 Å². The maximum Gasteiger partial charge on any atom is 0.326 e. The highest BCUT2D eigenvalue weighted by Gasteiger charge is 2.39. The number of aryl methyl sites for hydroxylation is 2. The molecule has 0 bridgehead atoms. The van der Waals surface area contributed by atoms with E-state index in [1.54, 1.807) is 0 Å². The number of halogens is 1. The van der Waals surface area contributed by atoms with E-state index < -0.39 is 24.1 Å². The fourth-order valence-electron chi connectivity index (χ4n) is 2.56. The van der Waals surface area contributed by atoms with Gasteiger partial charge in [-0.3, -0.25) is 0 Å². The summed E-state index contributed by atoms with van der Waals surface area (Å²) >= 11 is 3.38. The maximum absolute atomic E-state index is 12.3. The number of aliphatic hydroxyl groups excluding tert-OH is 1. The minimum atomic E-state index is -1.11. The van der Waals surface area contributed by atoms with Crippen LogP contribution in [-0.4, -0.2) is 45.8 Å². The van der Waals surface area contributed by atoms with Crippen LogP contribution >= 0.6 is 15.9 Å². The van der Waals surface area contributed by atoms with Gasteiger partial charge in [0, 0.05) is 23.1 Å². The molecule has 2 rings (SSSR count). The first-order valence-electron chi connectivity index (χ1n) is 6.55. The van der Waals surface area contributed by atoms with E-state index in [2.05, 4.69) is 21.2 Å². The van der Waals surface area contributed by atoms with Crippen LogP contribution in [0.4, 0.5) is 10.5 Å². The number of hydrogen-bond acceptors (Lipinski definition) is 3. The van der Waals surface area contributed by atoms with Crippen LogP contribution in [0.1, 0.15) is 17.5 Å². The summed E-state index contributed by atoms with van der Waals surface area (Å²) in [5, 5.41) is 21.5. The SMILES string of the molecule is Cc1cc(Br)cc(C)c1NC(=O)N1CC(O)C[C@H]1C(=O)O. The molecule has 6 nitrogen and oxygen atoms in total. The van der Waals surface area contributed by atoms with Crippen molar-refractivity contribution in [2.75, 3.05) is 11.9 Å². The Labute approximate surface area is 130 Å². The molecule has 1 heterocycles. The van der Waals surface area contributed by atoms with Crippen LogP contribution in [0.2, 0.25) is 0 Å². The number of carboxylic acid groups (broad SMARTS) is 1. The third kappa shape index (κ3) is 3.36. The normalized spacial score (nSPS) is 21.4. The fraction of sp³-hybridized carbons (Fsp3) is 0.429. The summed E-state index contributed by atoms with van der Waals surface area (Å²) in [5.74, 6) is -1.11. The Morgan fingerprint density at radius 3 is 2.43 bits per heavy atom. The van der Waals surface area contributed by atoms with Gasteiger partial charge in [0.25, 0.3) is 0 Å². The van der Waals surface area contributed by atoms with Gasteiger partial charge in [-0.15, -0.1) is 0 Å². The number of nitrogens with one attached hydrogen (secondary N) is 1. The van der Waals surface area contributed by atoms with Crippen molar-refractivity contribution in [3.63, 3.8) is 0 Å². The highest BCUT2D eigenvalue weighted by Crippen LogP contribution is 2.26. The van der Waals surface area contributed by atoms with E-state index in [9.17, 15) is 14.7 Å². The molecule has 1 unspecified atom stereocenters. The Morgan fingerprint density at radius 2 is 1.90 bits per heavy atom. The number of benzene rings is 1. The molecule has 1 aliphatic heterocycles. The smallest absolute Gasteiger partial charge is 0.326 e. The zero-order valence-electron chi connectivity index (χ0n) is 11.8. The summed E-state index contributed by atoms with van der Waals surface area (Å²) in [6, 6.07) is 2.25. The van der Waals surface area contributed by atoms with Crippen molar-refractivity contribution >= 4 is 33.6 Å². The second kappa shape index (κ2) is 6.03. The van der Waals surface area contributed by atoms with Gasteiger partial charge >= 0.3 is 12.0 Å². The number of β-amino-alcohol motifs (C(OH)–C–C–N with tert-alkyl or cyclic N) is 1. The van der Waals surface area contributed by atoms with E-state index in [1.165, 1.54) is 0 Å². The number of anilines is 1. The van der Waals surface area contributed by atoms with Crippen molar-refractivity contribution in [1.82, 2.24) is 4.90 Å². The van der Waals surface area contributed by atoms with Crippen LogP contribution in [0.15, 0.2) is 16.6 Å². The number of carboxylic acids is 1. The van der Waals surface area contributed by atoms with Gasteiger partial charge in [-0.25, -0.2) is 9.59 Å². The Bertz CT molecular complexity index is 567. The number of hydrogen-bond donors (Lipinski definition) is 3. The van der Waals surface area contributed by atoms with Crippen LogP contribution in [0.5, 0.6) is 0 Å². The number of urea groups is 1. The number of likely N-dealkylation sites (tertiary alicyclic amines) is 1. The summed E-state index contributed by atoms with van der Waals surface area (Å²) in [5.41, 5.74) is 2.41. The topological polar surface area (TPSA) is 89.9 Å². The fourth-order valence-corrected chi connectivity index (χ4v) is 3.25. The standard InChI is InChI=1S/C14H17BrN2O4/c1-7-3-9(15)4-8(2)12(7)16-14(21)17-6-10(18)5-11(17)13(19)20/h3-4,10-11,18H,5-6H2,1-2H3,(H,16,21)(H,19,20)/t10?,11-/m0/s1. The Balaban J connectivity index is 2.20. The average Bonchev–Trinajstić information content (AvgIpc) is 2.76. The molecule has 1 aromatic carbocycles. The third-order valence-corrected chi connectivity index (χ3v) is 4.01. The van der Waals surface area contributed by atoms with Crippen LogP contribution in [0.3, 0.4) is 0 Å². The number of rotatable bonds is 2. The summed E-state index contributed by atoms with van der Waals surface area (Å²) < 4.78 is 0.913. The molecule has 21 heavy (non-hydrogen) atoms. The first-order chi connectivity index (χ1) is 9.79. The minimum absolute atomic E-state index is 0.0252. The molecule has 3 N–H and O–H groups in total. The predicted octanol–water partition coefficient (Wildman–Crippen LogP) is 2.12. The summed E-state index contributed by atoms with van der Waals surface area (Å²) in [7, 11) is 0. The van der Waals surface area contributed by atoms with Crippen LogP contribution in [0, 0.1) is 13.8 Å². The lowest BCUT2D eigenvalue weighted by molar-refractivity contribution is -0.141. The highest BCUT2D eigenvalue weighted by atomic mass is 79.9. The van der Waals surface area contributed by atoms with Gasteiger partial charge < -0.3 is 20.4 Å². The van der Waals surface area contributed by atoms with E-state index in [4.69, 9.17) is 5.11 Å². The molecule has 1 saturated heterocycles. The van der Waals surface area contributed by atoms with Gasteiger partial charge in [0.05, 0.1) is 6.10 Å². The lowest BCUT2D eigenvalue weighted by Crippen LogP contribution is -2.43. The summed E-state index contributed by atoms with van der Waals surface area (Å²) in [4.78, 5) is 24.6. The van der Waals surface area contributed by atoms with E-state index in [1.807, 2.05) is 26.0 Å². The third-order valence-electron chi connectivity index (χ3n) is 3.55. The van der Waals surface area contributed by atoms with E-state index >= 15 is 0 Å². The number of aliphatic carboxylic acids is 1. The molecule has 0 aromatic heterocycles. The van der Waals surface area contributed by atoms with Crippen molar-refractivity contribution in [2.45, 2.75) is 32.4 Å². The molecule has 0 radical (unpaired) electrons. The molecular formula is C14H17BrN2O4. The second-order valence-electron chi connectivity index (χ2n) is 5.24. The van der Waals surface area contributed by atoms with Crippen molar-refractivity contribution in [1.29, 1.82) is 0 Å². The van der Waals surface area contributed by atoms with Crippen molar-refractivity contribution < 1.29 is 19.8 Å². The Morgan fingerprint density at radius 1 is 1.33 bits per heavy atom. The molecule has 0 spiro atoms. The maximum atomic E-state index is 12.3. The summed E-state index contributed by atoms with van der Waals surface area (Å²) in [6.45, 7) is 3.75. The first-order valence-corrected chi connectivity index (χ1v) is 7.34. The molecule has 2 amide bonds. The molecule has 0 aliphatic carbocycles. The monoisotopic (exact) mass is 356 g/mol. The zero-order valence-corrected chi connectivity index (χ0v) is 13.3. The molecular weight excluding hydrogens is 340 g/mol. The Kier molecular flexibility index (Phi) is 4.53. The lowest BCUT2D eigenvalue weighted by atomic mass is 10.1. The highest BCUT2D eigenvalue weighted by molar-refractivity contribution is 9.10.